The molecule has 4 heteroatoms. The van der Waals surface area contributed by atoms with E-state index in [2.05, 4.69) is 48.5 Å². The lowest BCUT2D eigenvalue weighted by Gasteiger charge is -2.36. The summed E-state index contributed by atoms with van der Waals surface area (Å²) in [5.41, 5.74) is 2.26. The zero-order chi connectivity index (χ0) is 14.1. The molecule has 3 rings (SSSR count). The molecule has 1 N–H and O–H groups in total. The van der Waals surface area contributed by atoms with E-state index in [1.54, 1.807) is 0 Å². The minimum atomic E-state index is 0.250. The summed E-state index contributed by atoms with van der Waals surface area (Å²) in [6.07, 6.45) is 0. The van der Waals surface area contributed by atoms with Gasteiger partial charge in [0.1, 0.15) is 11.3 Å². The van der Waals surface area contributed by atoms with Crippen molar-refractivity contribution in [1.82, 2.24) is 10.2 Å². The van der Waals surface area contributed by atoms with Crippen molar-refractivity contribution in [2.45, 2.75) is 19.0 Å². The monoisotopic (exact) mass is 290 g/mol. The summed E-state index contributed by atoms with van der Waals surface area (Å²) in [5.74, 6) is 3.42. The zero-order valence-electron chi connectivity index (χ0n) is 12.3. The van der Waals surface area contributed by atoms with Crippen LogP contribution in [0.2, 0.25) is 0 Å². The number of thioether (sulfide) groups is 1. The van der Waals surface area contributed by atoms with E-state index in [4.69, 9.17) is 4.42 Å². The second kappa shape index (κ2) is 5.80. The third kappa shape index (κ3) is 2.60. The van der Waals surface area contributed by atoms with Crippen molar-refractivity contribution >= 4 is 22.7 Å². The molecule has 0 saturated carbocycles. The van der Waals surface area contributed by atoms with E-state index in [0.717, 1.165) is 23.6 Å². The van der Waals surface area contributed by atoms with Gasteiger partial charge in [0.05, 0.1) is 6.04 Å². The summed E-state index contributed by atoms with van der Waals surface area (Å²) in [6.45, 7) is 3.26. The predicted molar refractivity (Wildman–Crippen MR) is 86.5 cm³/mol. The first kappa shape index (κ1) is 14.0. The van der Waals surface area contributed by atoms with E-state index in [1.165, 1.54) is 16.7 Å². The lowest BCUT2D eigenvalue weighted by molar-refractivity contribution is 0.207. The number of rotatable bonds is 3. The molecule has 0 amide bonds. The summed E-state index contributed by atoms with van der Waals surface area (Å²) in [6, 6.07) is 9.29. The third-order valence-electron chi connectivity index (χ3n) is 4.14. The molecule has 1 fully saturated rings. The molecule has 2 unspecified atom stereocenters. The lowest BCUT2D eigenvalue weighted by atomic mass is 10.1. The van der Waals surface area contributed by atoms with E-state index in [-0.39, 0.29) is 6.04 Å². The fourth-order valence-corrected chi connectivity index (χ4v) is 4.19. The summed E-state index contributed by atoms with van der Waals surface area (Å²) in [5, 5.41) is 4.65. The van der Waals surface area contributed by atoms with E-state index in [1.807, 2.05) is 18.8 Å². The average molecular weight is 290 g/mol. The summed E-state index contributed by atoms with van der Waals surface area (Å²) < 4.78 is 6.08. The second-order valence-electron chi connectivity index (χ2n) is 5.58. The molecule has 1 aromatic carbocycles. The van der Waals surface area contributed by atoms with Crippen molar-refractivity contribution in [2.24, 2.45) is 0 Å². The molecule has 108 valence electrons. The van der Waals surface area contributed by atoms with Gasteiger partial charge in [-0.05, 0) is 39.2 Å². The molecule has 20 heavy (non-hydrogen) atoms. The van der Waals surface area contributed by atoms with Crippen LogP contribution in [0.25, 0.3) is 11.0 Å². The Morgan fingerprint density at radius 2 is 2.25 bits per heavy atom. The van der Waals surface area contributed by atoms with Gasteiger partial charge in [0.2, 0.25) is 0 Å². The highest BCUT2D eigenvalue weighted by Crippen LogP contribution is 2.30. The van der Waals surface area contributed by atoms with Crippen LogP contribution in [0.5, 0.6) is 0 Å². The van der Waals surface area contributed by atoms with Gasteiger partial charge in [-0.2, -0.15) is 11.8 Å². The Kier molecular flexibility index (Phi) is 4.06. The highest BCUT2D eigenvalue weighted by Gasteiger charge is 2.30. The zero-order valence-corrected chi connectivity index (χ0v) is 13.2. The highest BCUT2D eigenvalue weighted by molar-refractivity contribution is 7.99. The van der Waals surface area contributed by atoms with Crippen LogP contribution in [0.1, 0.15) is 17.4 Å². The van der Waals surface area contributed by atoms with Crippen LogP contribution < -0.4 is 5.32 Å². The van der Waals surface area contributed by atoms with Crippen LogP contribution in [0.15, 0.2) is 28.7 Å². The number of hydrogen-bond acceptors (Lipinski definition) is 4. The normalized spacial score (nSPS) is 22.2. The van der Waals surface area contributed by atoms with Crippen molar-refractivity contribution in [2.75, 3.05) is 32.1 Å². The molecule has 2 atom stereocenters. The molecule has 0 radical (unpaired) electrons. The van der Waals surface area contributed by atoms with Gasteiger partial charge in [-0.25, -0.2) is 0 Å². The maximum absolute atomic E-state index is 6.08. The molecular weight excluding hydrogens is 268 g/mol. The molecule has 1 aliphatic rings. The first-order valence-electron chi connectivity index (χ1n) is 7.14. The van der Waals surface area contributed by atoms with Crippen LogP contribution in [-0.2, 0) is 0 Å². The maximum atomic E-state index is 6.08. The largest absolute Gasteiger partial charge is 0.459 e. The summed E-state index contributed by atoms with van der Waals surface area (Å²) in [4.78, 5) is 2.44. The van der Waals surface area contributed by atoms with Gasteiger partial charge in [-0.15, -0.1) is 0 Å². The van der Waals surface area contributed by atoms with Gasteiger partial charge in [0.25, 0.3) is 0 Å². The Morgan fingerprint density at radius 1 is 1.40 bits per heavy atom. The quantitative estimate of drug-likeness (QED) is 0.940. The van der Waals surface area contributed by atoms with Crippen molar-refractivity contribution in [3.05, 3.63) is 35.6 Å². The molecule has 3 nitrogen and oxygen atoms in total. The Hall–Kier alpha value is -0.970. The van der Waals surface area contributed by atoms with E-state index < -0.39 is 0 Å². The van der Waals surface area contributed by atoms with Crippen molar-refractivity contribution in [3.63, 3.8) is 0 Å². The number of likely N-dealkylation sites (N-methyl/N-ethyl adjacent to an activating group) is 2. The Labute approximate surface area is 124 Å². The van der Waals surface area contributed by atoms with Crippen molar-refractivity contribution in [1.29, 1.82) is 0 Å². The molecule has 0 spiro atoms. The number of nitrogens with zero attached hydrogens (tertiary/aromatic N) is 1. The number of furan rings is 1. The Balaban J connectivity index is 1.94. The van der Waals surface area contributed by atoms with E-state index in [9.17, 15) is 0 Å². The highest BCUT2D eigenvalue weighted by atomic mass is 32.2. The van der Waals surface area contributed by atoms with Crippen LogP contribution in [-0.4, -0.2) is 43.1 Å². The third-order valence-corrected chi connectivity index (χ3v) is 5.18. The minimum absolute atomic E-state index is 0.250. The number of fused-ring (bicyclic) bond motifs is 1. The minimum Gasteiger partial charge on any atom is -0.459 e. The molecule has 1 aliphatic heterocycles. The van der Waals surface area contributed by atoms with Crippen LogP contribution >= 0.6 is 11.8 Å². The molecular formula is C16H22N2OS. The molecule has 2 aromatic rings. The van der Waals surface area contributed by atoms with Crippen molar-refractivity contribution < 1.29 is 4.42 Å². The van der Waals surface area contributed by atoms with E-state index >= 15 is 0 Å². The maximum Gasteiger partial charge on any atom is 0.134 e. The molecule has 0 bridgehead atoms. The van der Waals surface area contributed by atoms with Crippen LogP contribution in [0.3, 0.4) is 0 Å². The second-order valence-corrected chi connectivity index (χ2v) is 6.73. The number of hydrogen-bond donors (Lipinski definition) is 1. The summed E-state index contributed by atoms with van der Waals surface area (Å²) >= 11 is 2.03. The Morgan fingerprint density at radius 3 is 3.00 bits per heavy atom. The Bertz CT molecular complexity index is 595. The van der Waals surface area contributed by atoms with Gasteiger partial charge in [0.15, 0.2) is 0 Å². The SMILES string of the molecule is CNC(c1cc2cc(C)ccc2o1)C1CSCCN1C. The number of nitrogens with one attached hydrogen (secondary N) is 1. The number of aryl methyl sites for hydroxylation is 1. The first-order chi connectivity index (χ1) is 9.69. The number of benzene rings is 1. The topological polar surface area (TPSA) is 28.4 Å². The predicted octanol–water partition coefficient (Wildman–Crippen LogP) is 3.05. The van der Waals surface area contributed by atoms with Gasteiger partial charge >= 0.3 is 0 Å². The molecule has 0 aliphatic carbocycles. The molecule has 2 heterocycles. The first-order valence-corrected chi connectivity index (χ1v) is 8.30. The van der Waals surface area contributed by atoms with Crippen LogP contribution in [0, 0.1) is 6.92 Å². The van der Waals surface area contributed by atoms with Gasteiger partial charge in [0, 0.05) is 29.5 Å². The summed E-state index contributed by atoms with van der Waals surface area (Å²) in [7, 11) is 4.23. The van der Waals surface area contributed by atoms with Gasteiger partial charge in [-0.3, -0.25) is 4.90 Å². The molecule has 1 aromatic heterocycles. The van der Waals surface area contributed by atoms with Crippen LogP contribution in [0.4, 0.5) is 0 Å². The fourth-order valence-electron chi connectivity index (χ4n) is 2.92. The van der Waals surface area contributed by atoms with Gasteiger partial charge in [-0.1, -0.05) is 11.6 Å². The molecule has 1 saturated heterocycles. The average Bonchev–Trinajstić information content (AvgIpc) is 2.84. The van der Waals surface area contributed by atoms with Gasteiger partial charge < -0.3 is 9.73 Å². The lowest BCUT2D eigenvalue weighted by Crippen LogP contribution is -2.46. The van der Waals surface area contributed by atoms with E-state index in [0.29, 0.717) is 6.04 Å². The fraction of sp³-hybridized carbons (Fsp3) is 0.500. The smallest absolute Gasteiger partial charge is 0.134 e. The standard InChI is InChI=1S/C16H22N2OS/c1-11-4-5-14-12(8-11)9-15(19-14)16(17-2)13-10-20-7-6-18(13)3/h4-5,8-9,13,16-17H,6-7,10H2,1-3H3. The van der Waals surface area contributed by atoms with Crippen molar-refractivity contribution in [3.8, 4) is 0 Å².